The van der Waals surface area contributed by atoms with Gasteiger partial charge in [-0.2, -0.15) is 5.10 Å². The van der Waals surface area contributed by atoms with Crippen molar-refractivity contribution in [3.63, 3.8) is 0 Å². The van der Waals surface area contributed by atoms with E-state index in [1.165, 1.54) is 48.3 Å². The van der Waals surface area contributed by atoms with Crippen LogP contribution in [0.1, 0.15) is 44.0 Å². The van der Waals surface area contributed by atoms with E-state index < -0.39 is 0 Å². The van der Waals surface area contributed by atoms with Crippen molar-refractivity contribution in [1.29, 1.82) is 0 Å². The second-order valence-electron chi connectivity index (χ2n) is 6.00. The van der Waals surface area contributed by atoms with E-state index in [0.29, 0.717) is 6.04 Å². The zero-order valence-corrected chi connectivity index (χ0v) is 13.3. The van der Waals surface area contributed by atoms with Gasteiger partial charge < -0.3 is 0 Å². The first kappa shape index (κ1) is 14.3. The van der Waals surface area contributed by atoms with Crippen LogP contribution in [0.2, 0.25) is 0 Å². The lowest BCUT2D eigenvalue weighted by Gasteiger charge is -2.24. The van der Waals surface area contributed by atoms with Crippen molar-refractivity contribution in [1.82, 2.24) is 14.7 Å². The van der Waals surface area contributed by atoms with Crippen molar-refractivity contribution >= 4 is 0 Å². The van der Waals surface area contributed by atoms with Crippen LogP contribution in [-0.4, -0.2) is 27.8 Å². The van der Waals surface area contributed by atoms with E-state index in [-0.39, 0.29) is 0 Å². The van der Waals surface area contributed by atoms with Crippen LogP contribution in [0.5, 0.6) is 0 Å². The van der Waals surface area contributed by atoms with Crippen LogP contribution in [-0.2, 0) is 6.54 Å². The standard InChI is InChI=1S/C18H25N3/c1-4-21-15(3)18(13-19-21)17-9-7-16(8-10-17)14(2)20-11-5-6-12-20/h7-10,13-14H,4-6,11-12H2,1-3H3/t14-/m1/s1. The molecule has 2 heterocycles. The first-order chi connectivity index (χ1) is 10.2. The Morgan fingerprint density at radius 3 is 2.38 bits per heavy atom. The van der Waals surface area contributed by atoms with Gasteiger partial charge in [0, 0.05) is 23.8 Å². The summed E-state index contributed by atoms with van der Waals surface area (Å²) in [5.41, 5.74) is 5.18. The Balaban J connectivity index is 1.81. The second kappa shape index (κ2) is 6.02. The molecule has 1 aliphatic heterocycles. The van der Waals surface area contributed by atoms with E-state index in [4.69, 9.17) is 0 Å². The molecule has 1 saturated heterocycles. The highest BCUT2D eigenvalue weighted by Crippen LogP contribution is 2.28. The van der Waals surface area contributed by atoms with Gasteiger partial charge >= 0.3 is 0 Å². The molecular formula is C18H25N3. The lowest BCUT2D eigenvalue weighted by molar-refractivity contribution is 0.263. The van der Waals surface area contributed by atoms with E-state index in [1.807, 2.05) is 6.20 Å². The summed E-state index contributed by atoms with van der Waals surface area (Å²) < 4.78 is 2.05. The van der Waals surface area contributed by atoms with Crippen molar-refractivity contribution in [2.45, 2.75) is 46.2 Å². The summed E-state index contributed by atoms with van der Waals surface area (Å²) in [5, 5.41) is 4.44. The number of aromatic nitrogens is 2. The fourth-order valence-corrected chi connectivity index (χ4v) is 3.33. The van der Waals surface area contributed by atoms with E-state index in [1.54, 1.807) is 0 Å². The van der Waals surface area contributed by atoms with Crippen molar-refractivity contribution in [2.24, 2.45) is 0 Å². The average Bonchev–Trinajstić information content (AvgIpc) is 3.16. The van der Waals surface area contributed by atoms with Crippen LogP contribution in [0, 0.1) is 6.92 Å². The van der Waals surface area contributed by atoms with Crippen molar-refractivity contribution < 1.29 is 0 Å². The number of aryl methyl sites for hydroxylation is 1. The maximum Gasteiger partial charge on any atom is 0.0571 e. The predicted molar refractivity (Wildman–Crippen MR) is 87.3 cm³/mol. The molecule has 1 aromatic heterocycles. The molecule has 0 bridgehead atoms. The highest BCUT2D eigenvalue weighted by atomic mass is 15.3. The van der Waals surface area contributed by atoms with Gasteiger partial charge in [0.1, 0.15) is 0 Å². The molecule has 0 aliphatic carbocycles. The van der Waals surface area contributed by atoms with Gasteiger partial charge in [-0.25, -0.2) is 0 Å². The molecule has 3 nitrogen and oxygen atoms in total. The van der Waals surface area contributed by atoms with Crippen LogP contribution < -0.4 is 0 Å². The molecule has 112 valence electrons. The molecule has 0 amide bonds. The van der Waals surface area contributed by atoms with E-state index in [2.05, 4.69) is 59.7 Å². The fourth-order valence-electron chi connectivity index (χ4n) is 3.33. The number of rotatable bonds is 4. The SMILES string of the molecule is CCn1ncc(-c2ccc([C@@H](C)N3CCCC3)cc2)c1C. The lowest BCUT2D eigenvalue weighted by Crippen LogP contribution is -2.23. The smallest absolute Gasteiger partial charge is 0.0571 e. The van der Waals surface area contributed by atoms with Gasteiger partial charge in [-0.05, 0) is 57.8 Å². The molecule has 2 aromatic rings. The summed E-state index contributed by atoms with van der Waals surface area (Å²) in [6, 6.07) is 9.57. The predicted octanol–water partition coefficient (Wildman–Crippen LogP) is 4.04. The zero-order valence-electron chi connectivity index (χ0n) is 13.3. The van der Waals surface area contributed by atoms with Crippen LogP contribution in [0.4, 0.5) is 0 Å². The Labute approximate surface area is 127 Å². The summed E-state index contributed by atoms with van der Waals surface area (Å²) in [6.07, 6.45) is 4.67. The Kier molecular flexibility index (Phi) is 4.11. The summed E-state index contributed by atoms with van der Waals surface area (Å²) in [5.74, 6) is 0. The van der Waals surface area contributed by atoms with E-state index in [9.17, 15) is 0 Å². The number of benzene rings is 1. The molecule has 0 saturated carbocycles. The van der Waals surface area contributed by atoms with E-state index in [0.717, 1.165) is 6.54 Å². The summed E-state index contributed by atoms with van der Waals surface area (Å²) >= 11 is 0. The molecule has 1 aliphatic rings. The molecule has 1 aromatic carbocycles. The van der Waals surface area contributed by atoms with Gasteiger partial charge in [0.15, 0.2) is 0 Å². The first-order valence-corrected chi connectivity index (χ1v) is 8.07. The monoisotopic (exact) mass is 283 g/mol. The number of hydrogen-bond acceptors (Lipinski definition) is 2. The maximum absolute atomic E-state index is 4.44. The van der Waals surface area contributed by atoms with Gasteiger partial charge in [0.2, 0.25) is 0 Å². The third-order valence-electron chi connectivity index (χ3n) is 4.80. The average molecular weight is 283 g/mol. The Hall–Kier alpha value is -1.61. The van der Waals surface area contributed by atoms with E-state index >= 15 is 0 Å². The van der Waals surface area contributed by atoms with Gasteiger partial charge in [-0.15, -0.1) is 0 Å². The molecule has 0 spiro atoms. The van der Waals surface area contributed by atoms with Crippen LogP contribution >= 0.6 is 0 Å². The molecule has 3 rings (SSSR count). The summed E-state index contributed by atoms with van der Waals surface area (Å²) in [6.45, 7) is 10.0. The Morgan fingerprint density at radius 1 is 1.14 bits per heavy atom. The van der Waals surface area contributed by atoms with Crippen LogP contribution in [0.3, 0.4) is 0 Å². The highest BCUT2D eigenvalue weighted by Gasteiger charge is 2.19. The quantitative estimate of drug-likeness (QED) is 0.844. The van der Waals surface area contributed by atoms with Gasteiger partial charge in [0.05, 0.1) is 6.20 Å². The molecular weight excluding hydrogens is 258 g/mol. The highest BCUT2D eigenvalue weighted by molar-refractivity contribution is 5.65. The molecule has 0 unspecified atom stereocenters. The molecule has 3 heteroatoms. The van der Waals surface area contributed by atoms with Crippen molar-refractivity contribution in [2.75, 3.05) is 13.1 Å². The molecule has 0 N–H and O–H groups in total. The van der Waals surface area contributed by atoms with Crippen molar-refractivity contribution in [3.8, 4) is 11.1 Å². The second-order valence-corrected chi connectivity index (χ2v) is 6.00. The van der Waals surface area contributed by atoms with Gasteiger partial charge in [-0.1, -0.05) is 24.3 Å². The Bertz CT molecular complexity index is 591. The fraction of sp³-hybridized carbons (Fsp3) is 0.500. The summed E-state index contributed by atoms with van der Waals surface area (Å²) in [7, 11) is 0. The first-order valence-electron chi connectivity index (χ1n) is 8.07. The van der Waals surface area contributed by atoms with Crippen molar-refractivity contribution in [3.05, 3.63) is 41.7 Å². The summed E-state index contributed by atoms with van der Waals surface area (Å²) in [4.78, 5) is 2.58. The van der Waals surface area contributed by atoms with Gasteiger partial charge in [0.25, 0.3) is 0 Å². The minimum Gasteiger partial charge on any atom is -0.297 e. The lowest BCUT2D eigenvalue weighted by atomic mass is 10.0. The molecule has 21 heavy (non-hydrogen) atoms. The normalized spacial score (nSPS) is 17.3. The molecule has 1 atom stereocenters. The number of likely N-dealkylation sites (tertiary alicyclic amines) is 1. The molecule has 0 radical (unpaired) electrons. The zero-order chi connectivity index (χ0) is 14.8. The number of hydrogen-bond donors (Lipinski definition) is 0. The topological polar surface area (TPSA) is 21.1 Å². The minimum absolute atomic E-state index is 0.529. The minimum atomic E-state index is 0.529. The number of nitrogens with zero attached hydrogens (tertiary/aromatic N) is 3. The maximum atomic E-state index is 4.44. The largest absolute Gasteiger partial charge is 0.297 e. The van der Waals surface area contributed by atoms with Crippen LogP contribution in [0.25, 0.3) is 11.1 Å². The molecule has 1 fully saturated rings. The van der Waals surface area contributed by atoms with Crippen LogP contribution in [0.15, 0.2) is 30.5 Å². The third kappa shape index (κ3) is 2.75. The van der Waals surface area contributed by atoms with Gasteiger partial charge in [-0.3, -0.25) is 9.58 Å². The Morgan fingerprint density at radius 2 is 1.81 bits per heavy atom. The third-order valence-corrected chi connectivity index (χ3v) is 4.80.